The number of carbonyl (C=O) groups is 1. The van der Waals surface area contributed by atoms with Gasteiger partial charge in [0.25, 0.3) is 0 Å². The average molecular weight is 300 g/mol. The molecule has 5 heteroatoms. The lowest BCUT2D eigenvalue weighted by Crippen LogP contribution is -2.35. The van der Waals surface area contributed by atoms with E-state index in [0.29, 0.717) is 6.42 Å². The molecule has 2 aromatic carbocycles. The number of hydrazine groups is 1. The molecule has 0 spiro atoms. The summed E-state index contributed by atoms with van der Waals surface area (Å²) in [6.45, 7) is 0. The number of amides is 1. The maximum Gasteiger partial charge on any atom is 0.241 e. The van der Waals surface area contributed by atoms with Crippen molar-refractivity contribution in [3.05, 3.63) is 59.7 Å². The van der Waals surface area contributed by atoms with Crippen molar-refractivity contribution >= 4 is 5.91 Å². The summed E-state index contributed by atoms with van der Waals surface area (Å²) < 4.78 is 10.3. The molecule has 2 aromatic rings. The van der Waals surface area contributed by atoms with Crippen LogP contribution in [0.2, 0.25) is 0 Å². The third kappa shape index (κ3) is 3.77. The molecule has 5 nitrogen and oxygen atoms in total. The van der Waals surface area contributed by atoms with Gasteiger partial charge in [0.2, 0.25) is 5.91 Å². The first-order valence-corrected chi connectivity index (χ1v) is 6.95. The first-order valence-electron chi connectivity index (χ1n) is 6.95. The molecule has 0 heterocycles. The van der Waals surface area contributed by atoms with Crippen LogP contribution in [0.5, 0.6) is 11.5 Å². The molecule has 1 amide bonds. The Morgan fingerprint density at radius 3 is 1.95 bits per heavy atom. The summed E-state index contributed by atoms with van der Waals surface area (Å²) in [5.41, 5.74) is 4.16. The molecule has 0 saturated heterocycles. The summed E-state index contributed by atoms with van der Waals surface area (Å²) in [7, 11) is 3.23. The van der Waals surface area contributed by atoms with Crippen LogP contribution in [-0.2, 0) is 11.2 Å². The molecule has 0 bridgehead atoms. The lowest BCUT2D eigenvalue weighted by atomic mass is 9.91. The molecule has 1 unspecified atom stereocenters. The van der Waals surface area contributed by atoms with Gasteiger partial charge >= 0.3 is 0 Å². The van der Waals surface area contributed by atoms with Gasteiger partial charge in [-0.25, -0.2) is 5.84 Å². The van der Waals surface area contributed by atoms with E-state index in [9.17, 15) is 4.79 Å². The molecule has 0 aliphatic heterocycles. The number of carbonyl (C=O) groups excluding carboxylic acids is 1. The third-order valence-corrected chi connectivity index (χ3v) is 3.58. The predicted molar refractivity (Wildman–Crippen MR) is 84.8 cm³/mol. The van der Waals surface area contributed by atoms with Crippen LogP contribution in [0, 0.1) is 0 Å². The number of nitrogens with two attached hydrogens (primary N) is 1. The molecule has 22 heavy (non-hydrogen) atoms. The van der Waals surface area contributed by atoms with Crippen molar-refractivity contribution in [2.45, 2.75) is 12.3 Å². The molecule has 0 saturated carbocycles. The fourth-order valence-electron chi connectivity index (χ4n) is 2.30. The van der Waals surface area contributed by atoms with Crippen molar-refractivity contribution in [3.63, 3.8) is 0 Å². The van der Waals surface area contributed by atoms with Gasteiger partial charge in [-0.15, -0.1) is 0 Å². The van der Waals surface area contributed by atoms with E-state index in [2.05, 4.69) is 5.43 Å². The predicted octanol–water partition coefficient (Wildman–Crippen LogP) is 2.02. The minimum absolute atomic E-state index is 0.221. The monoisotopic (exact) mass is 300 g/mol. The van der Waals surface area contributed by atoms with Crippen LogP contribution < -0.4 is 20.7 Å². The highest BCUT2D eigenvalue weighted by Crippen LogP contribution is 2.24. The lowest BCUT2D eigenvalue weighted by Gasteiger charge is -2.16. The zero-order valence-electron chi connectivity index (χ0n) is 12.7. The van der Waals surface area contributed by atoms with E-state index in [4.69, 9.17) is 15.3 Å². The maximum atomic E-state index is 12.1. The largest absolute Gasteiger partial charge is 0.497 e. The second-order valence-corrected chi connectivity index (χ2v) is 4.89. The zero-order valence-corrected chi connectivity index (χ0v) is 12.7. The highest BCUT2D eigenvalue weighted by atomic mass is 16.5. The molecule has 116 valence electrons. The SMILES string of the molecule is COc1ccc(CC(C(=O)NN)c2ccc(OC)cc2)cc1. The number of benzene rings is 2. The average Bonchev–Trinajstić information content (AvgIpc) is 2.59. The fourth-order valence-corrected chi connectivity index (χ4v) is 2.30. The minimum Gasteiger partial charge on any atom is -0.497 e. The standard InChI is InChI=1S/C17H20N2O3/c1-21-14-7-3-12(4-8-14)11-16(17(20)19-18)13-5-9-15(22-2)10-6-13/h3-10,16H,11,18H2,1-2H3,(H,19,20). The van der Waals surface area contributed by atoms with Gasteiger partial charge in [-0.2, -0.15) is 0 Å². The summed E-state index contributed by atoms with van der Waals surface area (Å²) in [5, 5.41) is 0. The topological polar surface area (TPSA) is 73.6 Å². The van der Waals surface area contributed by atoms with E-state index in [1.165, 1.54) is 0 Å². The number of hydrogen-bond acceptors (Lipinski definition) is 4. The van der Waals surface area contributed by atoms with Crippen LogP contribution in [0.3, 0.4) is 0 Å². The molecule has 0 aromatic heterocycles. The van der Waals surface area contributed by atoms with E-state index in [1.807, 2.05) is 48.5 Å². The zero-order chi connectivity index (χ0) is 15.9. The van der Waals surface area contributed by atoms with Crippen LogP contribution in [0.25, 0.3) is 0 Å². The van der Waals surface area contributed by atoms with E-state index in [-0.39, 0.29) is 11.8 Å². The van der Waals surface area contributed by atoms with Gasteiger partial charge < -0.3 is 9.47 Å². The summed E-state index contributed by atoms with van der Waals surface area (Å²) in [4.78, 5) is 12.1. The second kappa shape index (κ2) is 7.47. The quantitative estimate of drug-likeness (QED) is 0.486. The highest BCUT2D eigenvalue weighted by molar-refractivity contribution is 5.83. The minimum atomic E-state index is -0.357. The van der Waals surface area contributed by atoms with E-state index in [1.54, 1.807) is 14.2 Å². The molecule has 3 N–H and O–H groups in total. The van der Waals surface area contributed by atoms with Crippen molar-refractivity contribution in [2.24, 2.45) is 5.84 Å². The van der Waals surface area contributed by atoms with Crippen molar-refractivity contribution < 1.29 is 14.3 Å². The number of methoxy groups -OCH3 is 2. The van der Waals surface area contributed by atoms with Gasteiger partial charge in [-0.3, -0.25) is 10.2 Å². The van der Waals surface area contributed by atoms with Crippen molar-refractivity contribution in [2.75, 3.05) is 14.2 Å². The molecule has 2 rings (SSSR count). The summed E-state index contributed by atoms with van der Waals surface area (Å²) in [5.74, 6) is 6.28. The maximum absolute atomic E-state index is 12.1. The first-order chi connectivity index (χ1) is 10.7. The normalized spacial score (nSPS) is 11.6. The Kier molecular flexibility index (Phi) is 5.38. The van der Waals surface area contributed by atoms with Gasteiger partial charge in [-0.05, 0) is 41.8 Å². The van der Waals surface area contributed by atoms with E-state index < -0.39 is 0 Å². The molecule has 0 radical (unpaired) electrons. The number of hydrogen-bond donors (Lipinski definition) is 2. The van der Waals surface area contributed by atoms with Crippen LogP contribution in [0.4, 0.5) is 0 Å². The second-order valence-electron chi connectivity index (χ2n) is 4.89. The molecule has 0 aliphatic carbocycles. The molecular formula is C17H20N2O3. The van der Waals surface area contributed by atoms with E-state index in [0.717, 1.165) is 22.6 Å². The Hall–Kier alpha value is -2.53. The number of nitrogens with one attached hydrogen (secondary N) is 1. The summed E-state index contributed by atoms with van der Waals surface area (Å²) >= 11 is 0. The van der Waals surface area contributed by atoms with Gasteiger partial charge in [-0.1, -0.05) is 24.3 Å². The van der Waals surface area contributed by atoms with Gasteiger partial charge in [0.1, 0.15) is 11.5 Å². The Morgan fingerprint density at radius 1 is 1.00 bits per heavy atom. The number of rotatable bonds is 6. The fraction of sp³-hybridized carbons (Fsp3) is 0.235. The highest BCUT2D eigenvalue weighted by Gasteiger charge is 2.20. The van der Waals surface area contributed by atoms with Crippen molar-refractivity contribution in [1.82, 2.24) is 5.43 Å². The van der Waals surface area contributed by atoms with E-state index >= 15 is 0 Å². The Labute approximate surface area is 130 Å². The van der Waals surface area contributed by atoms with Gasteiger partial charge in [0.05, 0.1) is 20.1 Å². The summed E-state index contributed by atoms with van der Waals surface area (Å²) in [6.07, 6.45) is 0.555. The van der Waals surface area contributed by atoms with Crippen molar-refractivity contribution in [3.8, 4) is 11.5 Å². The molecule has 0 aliphatic rings. The number of ether oxygens (including phenoxy) is 2. The Morgan fingerprint density at radius 2 is 1.50 bits per heavy atom. The van der Waals surface area contributed by atoms with Crippen LogP contribution in [0.15, 0.2) is 48.5 Å². The third-order valence-electron chi connectivity index (χ3n) is 3.58. The molecular weight excluding hydrogens is 280 g/mol. The van der Waals surface area contributed by atoms with Crippen LogP contribution in [0.1, 0.15) is 17.0 Å². The smallest absolute Gasteiger partial charge is 0.241 e. The van der Waals surface area contributed by atoms with Crippen molar-refractivity contribution in [1.29, 1.82) is 0 Å². The lowest BCUT2D eigenvalue weighted by molar-refractivity contribution is -0.122. The molecule has 1 atom stereocenters. The summed E-state index contributed by atoms with van der Waals surface area (Å²) in [6, 6.07) is 15.1. The Bertz CT molecular complexity index is 609. The Balaban J connectivity index is 2.22. The molecule has 0 fully saturated rings. The van der Waals surface area contributed by atoms with Crippen LogP contribution in [-0.4, -0.2) is 20.1 Å². The van der Waals surface area contributed by atoms with Gasteiger partial charge in [0, 0.05) is 0 Å². The first kappa shape index (κ1) is 15.9. The van der Waals surface area contributed by atoms with Crippen LogP contribution >= 0.6 is 0 Å². The van der Waals surface area contributed by atoms with Gasteiger partial charge in [0.15, 0.2) is 0 Å².